The molecule has 1 heterocycles. The van der Waals surface area contributed by atoms with Crippen molar-refractivity contribution in [2.24, 2.45) is 0 Å². The van der Waals surface area contributed by atoms with Gasteiger partial charge in [-0.15, -0.1) is 0 Å². The number of ether oxygens (including phenoxy) is 1. The van der Waals surface area contributed by atoms with Crippen LogP contribution in [-0.4, -0.2) is 17.6 Å². The summed E-state index contributed by atoms with van der Waals surface area (Å²) in [7, 11) is 0. The summed E-state index contributed by atoms with van der Waals surface area (Å²) in [5.74, 6) is 0.275. The minimum atomic E-state index is -0.300. The molecule has 0 saturated heterocycles. The zero-order valence-corrected chi connectivity index (χ0v) is 11.6. The summed E-state index contributed by atoms with van der Waals surface area (Å²) < 4.78 is 18.9. The summed E-state index contributed by atoms with van der Waals surface area (Å²) in [4.78, 5) is 4.06. The van der Waals surface area contributed by atoms with E-state index in [4.69, 9.17) is 4.74 Å². The second-order valence-electron chi connectivity index (χ2n) is 5.18. The van der Waals surface area contributed by atoms with Gasteiger partial charge in [0.25, 0.3) is 0 Å². The molecule has 0 amide bonds. The van der Waals surface area contributed by atoms with Crippen molar-refractivity contribution in [3.05, 3.63) is 23.6 Å². The smallest absolute Gasteiger partial charge is 0.218 e. The highest BCUT2D eigenvalue weighted by molar-refractivity contribution is 5.26. The van der Waals surface area contributed by atoms with Gasteiger partial charge in [-0.1, -0.05) is 26.2 Å². The van der Waals surface area contributed by atoms with Gasteiger partial charge in [0.05, 0.1) is 12.8 Å². The van der Waals surface area contributed by atoms with Crippen LogP contribution in [0.4, 0.5) is 4.39 Å². The van der Waals surface area contributed by atoms with Crippen LogP contribution >= 0.6 is 0 Å². The van der Waals surface area contributed by atoms with Gasteiger partial charge < -0.3 is 10.1 Å². The molecule has 0 unspecified atom stereocenters. The second kappa shape index (κ2) is 7.43. The van der Waals surface area contributed by atoms with Crippen molar-refractivity contribution in [2.75, 3.05) is 6.61 Å². The minimum absolute atomic E-state index is 0.300. The maximum absolute atomic E-state index is 13.2. The molecule has 1 fully saturated rings. The van der Waals surface area contributed by atoms with Gasteiger partial charge >= 0.3 is 0 Å². The molecule has 3 nitrogen and oxygen atoms in total. The molecule has 0 aliphatic heterocycles. The molecule has 19 heavy (non-hydrogen) atoms. The van der Waals surface area contributed by atoms with Crippen LogP contribution in [0.15, 0.2) is 12.3 Å². The molecule has 1 aliphatic rings. The SMILES string of the molecule is CCCCCCOc1ncc(F)cc1CNC1CC1. The van der Waals surface area contributed by atoms with E-state index in [1.165, 1.54) is 44.4 Å². The van der Waals surface area contributed by atoms with E-state index >= 15 is 0 Å². The predicted octanol–water partition coefficient (Wildman–Crippen LogP) is 3.43. The van der Waals surface area contributed by atoms with E-state index in [1.807, 2.05) is 0 Å². The number of hydrogen-bond acceptors (Lipinski definition) is 3. The third kappa shape index (κ3) is 5.15. The topological polar surface area (TPSA) is 34.1 Å². The fourth-order valence-electron chi connectivity index (χ4n) is 1.96. The third-order valence-corrected chi connectivity index (χ3v) is 3.29. The zero-order chi connectivity index (χ0) is 13.5. The van der Waals surface area contributed by atoms with E-state index in [9.17, 15) is 4.39 Å². The van der Waals surface area contributed by atoms with Crippen molar-refractivity contribution in [1.82, 2.24) is 10.3 Å². The molecule has 1 saturated carbocycles. The Morgan fingerprint density at radius 3 is 2.95 bits per heavy atom. The highest BCUT2D eigenvalue weighted by Gasteiger charge is 2.21. The van der Waals surface area contributed by atoms with Gasteiger partial charge in [-0.05, 0) is 25.3 Å². The summed E-state index contributed by atoms with van der Waals surface area (Å²) in [5, 5.41) is 3.36. The Balaban J connectivity index is 1.82. The average Bonchev–Trinajstić information content (AvgIpc) is 3.22. The van der Waals surface area contributed by atoms with E-state index in [-0.39, 0.29) is 5.82 Å². The number of nitrogens with zero attached hydrogens (tertiary/aromatic N) is 1. The molecule has 0 radical (unpaired) electrons. The van der Waals surface area contributed by atoms with Gasteiger partial charge in [0, 0.05) is 18.2 Å². The van der Waals surface area contributed by atoms with Crippen LogP contribution in [0.3, 0.4) is 0 Å². The summed E-state index contributed by atoms with van der Waals surface area (Å²) in [6.07, 6.45) is 8.31. The Bertz CT molecular complexity index is 394. The lowest BCUT2D eigenvalue weighted by molar-refractivity contribution is 0.289. The first-order chi connectivity index (χ1) is 9.29. The molecule has 1 aromatic heterocycles. The number of aromatic nitrogens is 1. The largest absolute Gasteiger partial charge is 0.477 e. The maximum atomic E-state index is 13.2. The van der Waals surface area contributed by atoms with E-state index in [0.29, 0.717) is 25.1 Å². The quantitative estimate of drug-likeness (QED) is 0.695. The molecule has 0 bridgehead atoms. The van der Waals surface area contributed by atoms with E-state index in [1.54, 1.807) is 0 Å². The molecule has 4 heteroatoms. The van der Waals surface area contributed by atoms with Gasteiger partial charge in [0.15, 0.2) is 0 Å². The monoisotopic (exact) mass is 266 g/mol. The summed E-state index contributed by atoms with van der Waals surface area (Å²) in [6, 6.07) is 2.12. The van der Waals surface area contributed by atoms with Crippen molar-refractivity contribution < 1.29 is 9.13 Å². The van der Waals surface area contributed by atoms with Crippen molar-refractivity contribution in [1.29, 1.82) is 0 Å². The average molecular weight is 266 g/mol. The normalized spacial score (nSPS) is 14.6. The number of hydrogen-bond donors (Lipinski definition) is 1. The number of halogens is 1. The Morgan fingerprint density at radius 2 is 2.21 bits per heavy atom. The van der Waals surface area contributed by atoms with Gasteiger partial charge in [-0.25, -0.2) is 9.37 Å². The maximum Gasteiger partial charge on any atom is 0.218 e. The van der Waals surface area contributed by atoms with Crippen LogP contribution in [0.2, 0.25) is 0 Å². The molecule has 0 aromatic carbocycles. The van der Waals surface area contributed by atoms with Crippen LogP contribution in [0.1, 0.15) is 51.0 Å². The highest BCUT2D eigenvalue weighted by Crippen LogP contribution is 2.22. The third-order valence-electron chi connectivity index (χ3n) is 3.29. The van der Waals surface area contributed by atoms with Gasteiger partial charge in [0.2, 0.25) is 5.88 Å². The highest BCUT2D eigenvalue weighted by atomic mass is 19.1. The molecule has 0 atom stereocenters. The summed E-state index contributed by atoms with van der Waals surface area (Å²) >= 11 is 0. The molecule has 106 valence electrons. The van der Waals surface area contributed by atoms with Crippen LogP contribution < -0.4 is 10.1 Å². The molecular formula is C15H23FN2O. The van der Waals surface area contributed by atoms with Crippen LogP contribution in [-0.2, 0) is 6.54 Å². The van der Waals surface area contributed by atoms with Crippen molar-refractivity contribution in [3.63, 3.8) is 0 Å². The Labute approximate surface area is 114 Å². The fourth-order valence-corrected chi connectivity index (χ4v) is 1.96. The van der Waals surface area contributed by atoms with E-state index in [0.717, 1.165) is 12.0 Å². The molecule has 1 N–H and O–H groups in total. The van der Waals surface area contributed by atoms with Crippen LogP contribution in [0.25, 0.3) is 0 Å². The lowest BCUT2D eigenvalue weighted by Gasteiger charge is -2.11. The Morgan fingerprint density at radius 1 is 1.37 bits per heavy atom. The lowest BCUT2D eigenvalue weighted by atomic mass is 10.2. The predicted molar refractivity (Wildman–Crippen MR) is 73.7 cm³/mol. The van der Waals surface area contributed by atoms with E-state index in [2.05, 4.69) is 17.2 Å². The number of pyridine rings is 1. The minimum Gasteiger partial charge on any atom is -0.477 e. The first-order valence-corrected chi connectivity index (χ1v) is 7.30. The molecular weight excluding hydrogens is 243 g/mol. The fraction of sp³-hybridized carbons (Fsp3) is 0.667. The van der Waals surface area contributed by atoms with E-state index < -0.39 is 0 Å². The number of nitrogens with one attached hydrogen (secondary N) is 1. The second-order valence-corrected chi connectivity index (χ2v) is 5.18. The van der Waals surface area contributed by atoms with Crippen molar-refractivity contribution in [2.45, 2.75) is 58.0 Å². The first-order valence-electron chi connectivity index (χ1n) is 7.30. The first kappa shape index (κ1) is 14.3. The lowest BCUT2D eigenvalue weighted by Crippen LogP contribution is -2.17. The van der Waals surface area contributed by atoms with Crippen LogP contribution in [0, 0.1) is 5.82 Å². The van der Waals surface area contributed by atoms with Crippen molar-refractivity contribution >= 4 is 0 Å². The Kier molecular flexibility index (Phi) is 5.58. The molecule has 1 aliphatic carbocycles. The molecule has 1 aromatic rings. The van der Waals surface area contributed by atoms with Crippen molar-refractivity contribution in [3.8, 4) is 5.88 Å². The molecule has 0 spiro atoms. The standard InChI is InChI=1S/C15H23FN2O/c1-2-3-4-5-8-19-15-12(9-13(16)11-18-15)10-17-14-6-7-14/h9,11,14,17H,2-8,10H2,1H3. The molecule has 2 rings (SSSR count). The van der Waals surface area contributed by atoms with Crippen LogP contribution in [0.5, 0.6) is 5.88 Å². The van der Waals surface area contributed by atoms with Gasteiger partial charge in [0.1, 0.15) is 5.82 Å². The Hall–Kier alpha value is -1.16. The number of unbranched alkanes of at least 4 members (excludes halogenated alkanes) is 3. The van der Waals surface area contributed by atoms with Gasteiger partial charge in [-0.3, -0.25) is 0 Å². The number of rotatable bonds is 9. The van der Waals surface area contributed by atoms with Gasteiger partial charge in [-0.2, -0.15) is 0 Å². The summed E-state index contributed by atoms with van der Waals surface area (Å²) in [6.45, 7) is 3.48. The zero-order valence-electron chi connectivity index (χ0n) is 11.6. The summed E-state index contributed by atoms with van der Waals surface area (Å²) in [5.41, 5.74) is 0.822.